The number of benzene rings is 1. The Morgan fingerprint density at radius 3 is 2.89 bits per heavy atom. The third kappa shape index (κ3) is 2.91. The predicted octanol–water partition coefficient (Wildman–Crippen LogP) is 3.49. The van der Waals surface area contributed by atoms with Gasteiger partial charge < -0.3 is 10.0 Å². The van der Waals surface area contributed by atoms with Crippen LogP contribution in [0.1, 0.15) is 15.2 Å². The third-order valence-corrected chi connectivity index (χ3v) is 3.86. The van der Waals surface area contributed by atoms with Crippen molar-refractivity contribution in [1.29, 1.82) is 0 Å². The zero-order chi connectivity index (χ0) is 13.1. The van der Waals surface area contributed by atoms with E-state index < -0.39 is 0 Å². The molecule has 18 heavy (non-hydrogen) atoms. The fraction of sp³-hybridized carbons (Fsp3) is 0.154. The Bertz CT molecular complexity index is 554. The Balaban J connectivity index is 2.17. The van der Waals surface area contributed by atoms with Crippen LogP contribution in [-0.4, -0.2) is 23.0 Å². The second-order valence-corrected chi connectivity index (χ2v) is 5.85. The quantitative estimate of drug-likeness (QED) is 0.938. The topological polar surface area (TPSA) is 40.5 Å². The summed E-state index contributed by atoms with van der Waals surface area (Å²) in [7, 11) is 1.72. The molecule has 3 nitrogen and oxygen atoms in total. The number of nitrogens with zero attached hydrogens (tertiary/aromatic N) is 1. The van der Waals surface area contributed by atoms with Gasteiger partial charge in [0.15, 0.2) is 0 Å². The highest BCUT2D eigenvalue weighted by molar-refractivity contribution is 9.10. The molecule has 94 valence electrons. The van der Waals surface area contributed by atoms with Gasteiger partial charge >= 0.3 is 0 Å². The number of thiophene rings is 1. The highest BCUT2D eigenvalue weighted by atomic mass is 79.9. The minimum atomic E-state index is -0.192. The second-order valence-electron chi connectivity index (χ2n) is 3.90. The number of carbonyl (C=O) groups is 1. The van der Waals surface area contributed by atoms with E-state index in [9.17, 15) is 9.90 Å². The molecule has 5 heteroatoms. The number of phenols is 1. The molecule has 1 heterocycles. The number of carbonyl (C=O) groups excluding carboxylic acids is 1. The largest absolute Gasteiger partial charge is 0.507 e. The number of hydrogen-bond acceptors (Lipinski definition) is 3. The van der Waals surface area contributed by atoms with Crippen molar-refractivity contribution in [2.45, 2.75) is 6.54 Å². The van der Waals surface area contributed by atoms with Gasteiger partial charge in [0.25, 0.3) is 5.91 Å². The van der Waals surface area contributed by atoms with E-state index in [-0.39, 0.29) is 11.7 Å². The molecule has 0 aliphatic heterocycles. The molecule has 0 aliphatic carbocycles. The number of amides is 1. The van der Waals surface area contributed by atoms with Gasteiger partial charge in [0.05, 0.1) is 12.1 Å². The van der Waals surface area contributed by atoms with Crippen molar-refractivity contribution >= 4 is 33.2 Å². The molecule has 0 atom stereocenters. The first-order chi connectivity index (χ1) is 8.58. The van der Waals surface area contributed by atoms with Gasteiger partial charge in [-0.1, -0.05) is 22.0 Å². The van der Waals surface area contributed by atoms with Gasteiger partial charge in [-0.3, -0.25) is 4.79 Å². The number of rotatable bonds is 3. The predicted molar refractivity (Wildman–Crippen MR) is 75.9 cm³/mol. The fourth-order valence-electron chi connectivity index (χ4n) is 1.59. The summed E-state index contributed by atoms with van der Waals surface area (Å²) < 4.78 is 0.771. The van der Waals surface area contributed by atoms with Crippen LogP contribution >= 0.6 is 27.3 Å². The van der Waals surface area contributed by atoms with E-state index in [4.69, 9.17) is 0 Å². The van der Waals surface area contributed by atoms with E-state index in [1.807, 2.05) is 17.5 Å². The summed E-state index contributed by atoms with van der Waals surface area (Å²) in [5, 5.41) is 11.7. The molecule has 0 bridgehead atoms. The number of hydrogen-bond donors (Lipinski definition) is 1. The number of aromatic hydroxyl groups is 1. The molecule has 1 aromatic carbocycles. The molecule has 0 radical (unpaired) electrons. The van der Waals surface area contributed by atoms with E-state index in [0.29, 0.717) is 12.1 Å². The standard InChI is InChI=1S/C13H12BrNO2S/c1-15(8-10-3-2-6-18-10)13(17)11-7-9(14)4-5-12(11)16/h2-7,16H,8H2,1H3. The maximum Gasteiger partial charge on any atom is 0.257 e. The average Bonchev–Trinajstić information content (AvgIpc) is 2.84. The van der Waals surface area contributed by atoms with Crippen LogP contribution in [0.15, 0.2) is 40.2 Å². The molecule has 1 N–H and O–H groups in total. The van der Waals surface area contributed by atoms with Crippen LogP contribution in [0.5, 0.6) is 5.75 Å². The molecule has 0 fully saturated rings. The summed E-state index contributed by atoms with van der Waals surface area (Å²) >= 11 is 4.90. The molecule has 0 aliphatic rings. The molecular formula is C13H12BrNO2S. The van der Waals surface area contributed by atoms with Gasteiger partial charge in [0, 0.05) is 16.4 Å². The number of halogens is 1. The van der Waals surface area contributed by atoms with Gasteiger partial charge in [-0.25, -0.2) is 0 Å². The summed E-state index contributed by atoms with van der Waals surface area (Å²) in [5.74, 6) is -0.191. The zero-order valence-electron chi connectivity index (χ0n) is 9.76. The normalized spacial score (nSPS) is 10.3. The van der Waals surface area contributed by atoms with E-state index in [0.717, 1.165) is 9.35 Å². The lowest BCUT2D eigenvalue weighted by atomic mass is 10.2. The molecule has 0 unspecified atom stereocenters. The summed E-state index contributed by atoms with van der Waals surface area (Å²) in [6, 6.07) is 8.77. The van der Waals surface area contributed by atoms with Gasteiger partial charge in [0.2, 0.25) is 0 Å². The maximum absolute atomic E-state index is 12.2. The third-order valence-electron chi connectivity index (χ3n) is 2.51. The first kappa shape index (κ1) is 13.1. The second kappa shape index (κ2) is 5.54. The molecule has 2 aromatic rings. The van der Waals surface area contributed by atoms with E-state index in [1.54, 1.807) is 35.4 Å². The Hall–Kier alpha value is -1.33. The van der Waals surface area contributed by atoms with Crippen LogP contribution in [0.2, 0.25) is 0 Å². The average molecular weight is 326 g/mol. The van der Waals surface area contributed by atoms with E-state index >= 15 is 0 Å². The lowest BCUT2D eigenvalue weighted by Crippen LogP contribution is -2.25. The van der Waals surface area contributed by atoms with Gasteiger partial charge in [0.1, 0.15) is 5.75 Å². The van der Waals surface area contributed by atoms with Crippen LogP contribution < -0.4 is 0 Å². The van der Waals surface area contributed by atoms with Crippen molar-refractivity contribution in [2.75, 3.05) is 7.05 Å². The molecule has 1 aromatic heterocycles. The number of phenolic OH excluding ortho intramolecular Hbond substituents is 1. The maximum atomic E-state index is 12.2. The van der Waals surface area contributed by atoms with E-state index in [1.165, 1.54) is 6.07 Å². The lowest BCUT2D eigenvalue weighted by molar-refractivity contribution is 0.0783. The molecular weight excluding hydrogens is 314 g/mol. The monoisotopic (exact) mass is 325 g/mol. The molecule has 2 rings (SSSR count). The first-order valence-electron chi connectivity index (χ1n) is 5.34. The lowest BCUT2D eigenvalue weighted by Gasteiger charge is -2.17. The van der Waals surface area contributed by atoms with Crippen molar-refractivity contribution < 1.29 is 9.90 Å². The zero-order valence-corrected chi connectivity index (χ0v) is 12.2. The van der Waals surface area contributed by atoms with Crippen LogP contribution in [0.3, 0.4) is 0 Å². The SMILES string of the molecule is CN(Cc1cccs1)C(=O)c1cc(Br)ccc1O. The minimum Gasteiger partial charge on any atom is -0.507 e. The smallest absolute Gasteiger partial charge is 0.257 e. The van der Waals surface area contributed by atoms with Gasteiger partial charge in [-0.15, -0.1) is 11.3 Å². The van der Waals surface area contributed by atoms with Crippen LogP contribution in [0, 0.1) is 0 Å². The summed E-state index contributed by atoms with van der Waals surface area (Å²) in [5.41, 5.74) is 0.309. The van der Waals surface area contributed by atoms with Crippen molar-refractivity contribution in [2.24, 2.45) is 0 Å². The Labute approximate surface area is 118 Å². The minimum absolute atomic E-state index is 0.00114. The highest BCUT2D eigenvalue weighted by Crippen LogP contribution is 2.23. The first-order valence-corrected chi connectivity index (χ1v) is 7.01. The molecule has 0 saturated heterocycles. The highest BCUT2D eigenvalue weighted by Gasteiger charge is 2.16. The van der Waals surface area contributed by atoms with Crippen molar-refractivity contribution in [3.8, 4) is 5.75 Å². The Kier molecular flexibility index (Phi) is 4.04. The Morgan fingerprint density at radius 1 is 1.44 bits per heavy atom. The van der Waals surface area contributed by atoms with Gasteiger partial charge in [-0.05, 0) is 29.6 Å². The summed E-state index contributed by atoms with van der Waals surface area (Å²) in [6.45, 7) is 0.544. The molecule has 0 saturated carbocycles. The van der Waals surface area contributed by atoms with Crippen molar-refractivity contribution in [3.63, 3.8) is 0 Å². The van der Waals surface area contributed by atoms with Crippen molar-refractivity contribution in [3.05, 3.63) is 50.6 Å². The fourth-order valence-corrected chi connectivity index (χ4v) is 2.71. The van der Waals surface area contributed by atoms with Crippen molar-refractivity contribution in [1.82, 2.24) is 4.90 Å². The molecule has 0 spiro atoms. The van der Waals surface area contributed by atoms with E-state index in [2.05, 4.69) is 15.9 Å². The summed E-state index contributed by atoms with van der Waals surface area (Å²) in [6.07, 6.45) is 0. The van der Waals surface area contributed by atoms with Crippen LogP contribution in [0.25, 0.3) is 0 Å². The van der Waals surface area contributed by atoms with Crippen LogP contribution in [-0.2, 0) is 6.54 Å². The van der Waals surface area contributed by atoms with Crippen LogP contribution in [0.4, 0.5) is 0 Å². The van der Waals surface area contributed by atoms with Gasteiger partial charge in [-0.2, -0.15) is 0 Å². The summed E-state index contributed by atoms with van der Waals surface area (Å²) in [4.78, 5) is 14.9. The molecule has 1 amide bonds. The Morgan fingerprint density at radius 2 is 2.22 bits per heavy atom.